The first-order valence-corrected chi connectivity index (χ1v) is 8.37. The number of fused-ring (bicyclic) bond motifs is 1. The fraction of sp³-hybridized carbons (Fsp3) is 0.588. The maximum atomic E-state index is 12.7. The third-order valence-corrected chi connectivity index (χ3v) is 4.95. The summed E-state index contributed by atoms with van der Waals surface area (Å²) in [6, 6.07) is -0.420. The summed E-state index contributed by atoms with van der Waals surface area (Å²) >= 11 is 0. The second-order valence-electron chi connectivity index (χ2n) is 6.66. The van der Waals surface area contributed by atoms with Gasteiger partial charge in [0.05, 0.1) is 23.3 Å². The molecular weight excluding hydrogens is 310 g/mol. The van der Waals surface area contributed by atoms with Gasteiger partial charge in [-0.2, -0.15) is 0 Å². The summed E-state index contributed by atoms with van der Waals surface area (Å²) in [5.74, 6) is -0.418. The summed E-state index contributed by atoms with van der Waals surface area (Å²) in [5.41, 5.74) is 2.42. The summed E-state index contributed by atoms with van der Waals surface area (Å²) < 4.78 is 0. The number of β-amino-alcohol motifs (C(OH)–C–C–N with tert-alkyl or cyclic N) is 1. The van der Waals surface area contributed by atoms with Crippen molar-refractivity contribution in [1.82, 2.24) is 15.2 Å². The van der Waals surface area contributed by atoms with E-state index in [0.717, 1.165) is 18.5 Å². The predicted octanol–water partition coefficient (Wildman–Crippen LogP) is 0.554. The van der Waals surface area contributed by atoms with Crippen LogP contribution in [0.1, 0.15) is 58.3 Å². The molecule has 3 rings (SSSR count). The van der Waals surface area contributed by atoms with Crippen LogP contribution in [-0.4, -0.2) is 57.8 Å². The molecule has 24 heavy (non-hydrogen) atoms. The number of aliphatic hydroxyl groups excluding tert-OH is 1. The molecule has 1 fully saturated rings. The van der Waals surface area contributed by atoms with E-state index in [1.807, 2.05) is 0 Å². The van der Waals surface area contributed by atoms with Gasteiger partial charge in [0.1, 0.15) is 0 Å². The molecule has 1 saturated heterocycles. The number of carbonyl (C=O) groups excluding carboxylic acids is 3. The van der Waals surface area contributed by atoms with Gasteiger partial charge in [0.15, 0.2) is 5.78 Å². The molecule has 2 heterocycles. The van der Waals surface area contributed by atoms with Crippen LogP contribution in [0.4, 0.5) is 0 Å². The van der Waals surface area contributed by atoms with Gasteiger partial charge in [0.25, 0.3) is 5.91 Å². The molecule has 0 spiro atoms. The van der Waals surface area contributed by atoms with Gasteiger partial charge in [-0.15, -0.1) is 0 Å². The van der Waals surface area contributed by atoms with Gasteiger partial charge >= 0.3 is 0 Å². The Morgan fingerprint density at radius 3 is 2.75 bits per heavy atom. The Bertz CT molecular complexity index is 694. The molecular formula is C17H23N3O4. The fourth-order valence-electron chi connectivity index (χ4n) is 3.65. The van der Waals surface area contributed by atoms with E-state index in [0.29, 0.717) is 36.2 Å². The maximum Gasteiger partial charge on any atom is 0.254 e. The molecule has 0 bridgehead atoms. The van der Waals surface area contributed by atoms with Crippen LogP contribution in [-0.2, 0) is 11.2 Å². The van der Waals surface area contributed by atoms with Gasteiger partial charge in [-0.3, -0.25) is 14.4 Å². The molecule has 7 nitrogen and oxygen atoms in total. The fourth-order valence-corrected chi connectivity index (χ4v) is 3.65. The van der Waals surface area contributed by atoms with Crippen molar-refractivity contribution in [3.8, 4) is 0 Å². The second kappa shape index (κ2) is 6.39. The molecule has 1 aliphatic carbocycles. The zero-order chi connectivity index (χ0) is 17.4. The average molecular weight is 333 g/mol. The van der Waals surface area contributed by atoms with Crippen molar-refractivity contribution in [2.45, 2.75) is 51.7 Å². The quantitative estimate of drug-likeness (QED) is 0.735. The van der Waals surface area contributed by atoms with E-state index in [-0.39, 0.29) is 24.1 Å². The number of aliphatic hydroxyl groups is 1. The zero-order valence-corrected chi connectivity index (χ0v) is 14.0. The molecule has 0 unspecified atom stereocenters. The number of nitrogens with zero attached hydrogens (tertiary/aromatic N) is 1. The van der Waals surface area contributed by atoms with E-state index in [4.69, 9.17) is 0 Å². The minimum absolute atomic E-state index is 0.00213. The second-order valence-corrected chi connectivity index (χ2v) is 6.66. The van der Waals surface area contributed by atoms with Crippen LogP contribution in [0.3, 0.4) is 0 Å². The Labute approximate surface area is 140 Å². The van der Waals surface area contributed by atoms with E-state index in [1.54, 1.807) is 11.8 Å². The van der Waals surface area contributed by atoms with Crippen LogP contribution in [0.2, 0.25) is 0 Å². The van der Waals surface area contributed by atoms with E-state index in [9.17, 15) is 19.5 Å². The van der Waals surface area contributed by atoms with Crippen LogP contribution < -0.4 is 5.32 Å². The van der Waals surface area contributed by atoms with Gasteiger partial charge in [-0.05, 0) is 26.2 Å². The van der Waals surface area contributed by atoms with Crippen molar-refractivity contribution in [1.29, 1.82) is 0 Å². The molecule has 0 radical (unpaired) electrons. The highest BCUT2D eigenvalue weighted by Gasteiger charge is 2.33. The highest BCUT2D eigenvalue weighted by Crippen LogP contribution is 2.27. The number of aromatic nitrogens is 1. The van der Waals surface area contributed by atoms with Crippen LogP contribution in [0, 0.1) is 6.92 Å². The van der Waals surface area contributed by atoms with Gasteiger partial charge in [0, 0.05) is 37.8 Å². The lowest BCUT2D eigenvalue weighted by molar-refractivity contribution is -0.132. The minimum Gasteiger partial charge on any atom is -0.389 e. The third kappa shape index (κ3) is 2.96. The molecule has 2 atom stereocenters. The van der Waals surface area contributed by atoms with Crippen LogP contribution in [0.5, 0.6) is 0 Å². The van der Waals surface area contributed by atoms with Crippen LogP contribution in [0.15, 0.2) is 0 Å². The van der Waals surface area contributed by atoms with E-state index >= 15 is 0 Å². The third-order valence-electron chi connectivity index (χ3n) is 4.95. The number of hydrogen-bond acceptors (Lipinski definition) is 4. The van der Waals surface area contributed by atoms with Crippen molar-refractivity contribution >= 4 is 17.6 Å². The summed E-state index contributed by atoms with van der Waals surface area (Å²) in [6.07, 6.45) is 1.72. The standard InChI is InChI=1S/C17H23N3O4/c1-9-15(16-12(18-9)4-3-5-13(16)22)17(24)19-11-6-7-20(10(2)21)8-14(11)23/h11,14,18,23H,3-8H2,1-2H3,(H,19,24)/t11-,14-/m1/s1. The number of amides is 2. The number of Topliss-reactive ketones (excluding diaryl/α,β-unsaturated/α-hetero) is 1. The number of carbonyl (C=O) groups is 3. The lowest BCUT2D eigenvalue weighted by atomic mass is 9.92. The normalized spacial score (nSPS) is 23.8. The van der Waals surface area contributed by atoms with Gasteiger partial charge in [0.2, 0.25) is 5.91 Å². The average Bonchev–Trinajstić information content (AvgIpc) is 2.86. The van der Waals surface area contributed by atoms with Crippen molar-refractivity contribution in [3.63, 3.8) is 0 Å². The minimum atomic E-state index is -0.808. The largest absolute Gasteiger partial charge is 0.389 e. The number of hydrogen-bond donors (Lipinski definition) is 3. The number of H-pyrrole nitrogens is 1. The molecule has 2 aliphatic rings. The lowest BCUT2D eigenvalue weighted by Gasteiger charge is -2.35. The highest BCUT2D eigenvalue weighted by atomic mass is 16.3. The molecule has 1 aliphatic heterocycles. The van der Waals surface area contributed by atoms with Gasteiger partial charge in [-0.25, -0.2) is 0 Å². The number of rotatable bonds is 2. The Balaban J connectivity index is 1.76. The first-order chi connectivity index (χ1) is 11.4. The summed E-state index contributed by atoms with van der Waals surface area (Å²) in [5, 5.41) is 13.1. The van der Waals surface area contributed by atoms with E-state index in [1.165, 1.54) is 6.92 Å². The number of aryl methyl sites for hydroxylation is 2. The van der Waals surface area contributed by atoms with Crippen LogP contribution in [0.25, 0.3) is 0 Å². The number of nitrogens with one attached hydrogen (secondary N) is 2. The predicted molar refractivity (Wildman–Crippen MR) is 86.9 cm³/mol. The Kier molecular flexibility index (Phi) is 4.45. The first-order valence-electron chi connectivity index (χ1n) is 8.37. The molecule has 130 valence electrons. The number of piperidine rings is 1. The summed E-state index contributed by atoms with van der Waals surface area (Å²) in [4.78, 5) is 41.0. The molecule has 7 heteroatoms. The van der Waals surface area contributed by atoms with Crippen molar-refractivity contribution < 1.29 is 19.5 Å². The van der Waals surface area contributed by atoms with E-state index in [2.05, 4.69) is 10.3 Å². The molecule has 3 N–H and O–H groups in total. The summed E-state index contributed by atoms with van der Waals surface area (Å²) in [6.45, 7) is 3.96. The van der Waals surface area contributed by atoms with Crippen molar-refractivity contribution in [3.05, 3.63) is 22.5 Å². The van der Waals surface area contributed by atoms with Gasteiger partial charge < -0.3 is 20.3 Å². The number of aromatic amines is 1. The number of likely N-dealkylation sites (tertiary alicyclic amines) is 1. The highest BCUT2D eigenvalue weighted by molar-refractivity contribution is 6.10. The smallest absolute Gasteiger partial charge is 0.254 e. The molecule has 2 amide bonds. The Morgan fingerprint density at radius 1 is 1.33 bits per heavy atom. The molecule has 1 aromatic rings. The monoisotopic (exact) mass is 333 g/mol. The first kappa shape index (κ1) is 16.7. The zero-order valence-electron chi connectivity index (χ0n) is 14.0. The molecule has 1 aromatic heterocycles. The summed E-state index contributed by atoms with van der Waals surface area (Å²) in [7, 11) is 0. The van der Waals surface area contributed by atoms with Gasteiger partial charge in [-0.1, -0.05) is 0 Å². The van der Waals surface area contributed by atoms with Crippen molar-refractivity contribution in [2.24, 2.45) is 0 Å². The SMILES string of the molecule is CC(=O)N1CC[C@@H](NC(=O)c2c(C)[nH]c3c2C(=O)CCC3)[C@H](O)C1. The molecule has 0 aromatic carbocycles. The maximum absolute atomic E-state index is 12.7. The van der Waals surface area contributed by atoms with E-state index < -0.39 is 12.1 Å². The Morgan fingerprint density at radius 2 is 2.08 bits per heavy atom. The molecule has 0 saturated carbocycles. The number of ketones is 1. The lowest BCUT2D eigenvalue weighted by Crippen LogP contribution is -2.55. The Hall–Kier alpha value is -2.15. The van der Waals surface area contributed by atoms with Crippen LogP contribution >= 0.6 is 0 Å². The topological polar surface area (TPSA) is 103 Å². The van der Waals surface area contributed by atoms with Crippen molar-refractivity contribution in [2.75, 3.05) is 13.1 Å².